The van der Waals surface area contributed by atoms with Crippen LogP contribution in [0.25, 0.3) is 55.7 Å². The molecule has 0 aliphatic heterocycles. The van der Waals surface area contributed by atoms with E-state index in [2.05, 4.69) is 65.5 Å². The molecular formula is C39H17F5IN3P4. The molecule has 5 aromatic rings. The monoisotopic (exact) mass is 873 g/mol. The van der Waals surface area contributed by atoms with E-state index in [-0.39, 0.29) is 27.8 Å². The summed E-state index contributed by atoms with van der Waals surface area (Å²) in [5.41, 5.74) is 4.91. The first kappa shape index (κ1) is 36.1. The molecule has 0 N–H and O–H groups in total. The highest BCUT2D eigenvalue weighted by Crippen LogP contribution is 2.54. The Morgan fingerprint density at radius 2 is 0.885 bits per heavy atom. The molecule has 52 heavy (non-hydrogen) atoms. The Hall–Kier alpha value is -4.29. The van der Waals surface area contributed by atoms with Crippen LogP contribution in [0.15, 0.2) is 59.7 Å². The lowest BCUT2D eigenvalue weighted by atomic mass is 9.93. The summed E-state index contributed by atoms with van der Waals surface area (Å²) in [5, 5.41) is 34.3. The van der Waals surface area contributed by atoms with Crippen LogP contribution in [-0.2, 0) is 0 Å². The van der Waals surface area contributed by atoms with E-state index in [1.807, 2.05) is 36.4 Å². The highest BCUT2D eigenvalue weighted by Gasteiger charge is 2.35. The molecule has 3 nitrogen and oxygen atoms in total. The van der Waals surface area contributed by atoms with Gasteiger partial charge in [-0.15, -0.1) is 43.4 Å². The number of halogens is 6. The predicted molar refractivity (Wildman–Crippen MR) is 216 cm³/mol. The second-order valence-corrected chi connectivity index (χ2v) is 15.1. The Morgan fingerprint density at radius 1 is 0.500 bits per heavy atom. The number of nitrogens with zero attached hydrogens (tertiary/aromatic N) is 3. The molecule has 0 saturated carbocycles. The fourth-order valence-electron chi connectivity index (χ4n) is 6.83. The molecule has 2 aliphatic rings. The fourth-order valence-corrected chi connectivity index (χ4v) is 9.87. The molecule has 0 heterocycles. The summed E-state index contributed by atoms with van der Waals surface area (Å²) in [7, 11) is 11.1. The maximum Gasteiger partial charge on any atom is 0.200 e. The van der Waals surface area contributed by atoms with Crippen molar-refractivity contribution >= 4 is 91.9 Å². The van der Waals surface area contributed by atoms with Gasteiger partial charge in [-0.25, -0.2) is 22.0 Å². The lowest BCUT2D eigenvalue weighted by Gasteiger charge is -2.18. The first-order valence-electron chi connectivity index (χ1n) is 14.9. The average molecular weight is 873 g/mol. The quantitative estimate of drug-likeness (QED) is 0.0336. The summed E-state index contributed by atoms with van der Waals surface area (Å²) >= 11 is 2.28. The lowest BCUT2D eigenvalue weighted by Crippen LogP contribution is -2.32. The van der Waals surface area contributed by atoms with Crippen molar-refractivity contribution in [2.24, 2.45) is 0 Å². The van der Waals surface area contributed by atoms with E-state index in [0.717, 1.165) is 35.9 Å². The number of nitriles is 3. The molecule has 0 radical (unpaired) electrons. The summed E-state index contributed by atoms with van der Waals surface area (Å²) in [5.74, 6) is -8.11. The van der Waals surface area contributed by atoms with E-state index in [4.69, 9.17) is 6.42 Å². The van der Waals surface area contributed by atoms with Gasteiger partial charge in [-0.1, -0.05) is 30.2 Å². The van der Waals surface area contributed by atoms with Crippen molar-refractivity contribution in [3.63, 3.8) is 0 Å². The van der Waals surface area contributed by atoms with Crippen LogP contribution in [0.5, 0.6) is 0 Å². The van der Waals surface area contributed by atoms with E-state index in [1.165, 1.54) is 18.2 Å². The second kappa shape index (κ2) is 13.3. The fraction of sp³-hybridized carbons (Fsp3) is 0. The van der Waals surface area contributed by atoms with Crippen molar-refractivity contribution in [3.8, 4) is 75.1 Å². The highest BCUT2D eigenvalue weighted by molar-refractivity contribution is 14.1. The van der Waals surface area contributed by atoms with Crippen LogP contribution in [0.3, 0.4) is 0 Å². The van der Waals surface area contributed by atoms with E-state index >= 15 is 0 Å². The summed E-state index contributed by atoms with van der Waals surface area (Å²) in [6.45, 7) is 0. The third-order valence-corrected chi connectivity index (χ3v) is 14.6. The van der Waals surface area contributed by atoms with E-state index in [1.54, 1.807) is 12.1 Å². The van der Waals surface area contributed by atoms with Crippen molar-refractivity contribution < 1.29 is 22.0 Å². The molecule has 2 aliphatic carbocycles. The Balaban J connectivity index is 1.50. The van der Waals surface area contributed by atoms with Crippen molar-refractivity contribution in [1.29, 1.82) is 15.8 Å². The van der Waals surface area contributed by atoms with E-state index < -0.39 is 34.6 Å². The molecule has 0 amide bonds. The molecule has 5 aromatic carbocycles. The minimum absolute atomic E-state index is 0.130. The van der Waals surface area contributed by atoms with Crippen LogP contribution < -0.4 is 21.2 Å². The van der Waals surface area contributed by atoms with E-state index in [9.17, 15) is 37.7 Å². The van der Waals surface area contributed by atoms with Crippen molar-refractivity contribution in [2.45, 2.75) is 0 Å². The van der Waals surface area contributed by atoms with Crippen molar-refractivity contribution in [3.05, 3.63) is 115 Å². The normalized spacial score (nSPS) is 12.9. The van der Waals surface area contributed by atoms with E-state index in [0.29, 0.717) is 44.5 Å². The molecule has 250 valence electrons. The van der Waals surface area contributed by atoms with Gasteiger partial charge in [0.2, 0.25) is 5.82 Å². The number of fused-ring (bicyclic) bond motifs is 6. The predicted octanol–water partition coefficient (Wildman–Crippen LogP) is 8.09. The molecule has 0 fully saturated rings. The summed E-state index contributed by atoms with van der Waals surface area (Å²) in [6, 6.07) is 19.3. The molecule has 0 aromatic heterocycles. The molecule has 0 spiro atoms. The van der Waals surface area contributed by atoms with Gasteiger partial charge < -0.3 is 0 Å². The third kappa shape index (κ3) is 5.11. The summed E-state index contributed by atoms with van der Waals surface area (Å²) < 4.78 is 73.3. The van der Waals surface area contributed by atoms with Crippen molar-refractivity contribution in [1.82, 2.24) is 0 Å². The smallest absolute Gasteiger partial charge is 0.200 e. The van der Waals surface area contributed by atoms with Gasteiger partial charge in [0.05, 0.1) is 5.56 Å². The lowest BCUT2D eigenvalue weighted by molar-refractivity contribution is 0.381. The number of benzene rings is 5. The number of hydrogen-bond acceptors (Lipinski definition) is 3. The minimum Gasteiger partial charge on any atom is -0.203 e. The highest BCUT2D eigenvalue weighted by atomic mass is 127. The summed E-state index contributed by atoms with van der Waals surface area (Å²) in [6.07, 6.45) is 5.77. The standard InChI is InChI=1S/C39H17F5IN3P4/c1-2-14(11-46)26-22-7-15(28-30(40)32(42)34(44)33(43)31(28)41)3-5-18(22)20-10-25-21(9-24(20)26)19-6-4-16(8-23(19)27(25)17(12-47)13-48)29-36(49)38(51)35(45)39(52)37(29)50/h1,3-10H,49-52H2/b26-14-. The molecule has 4 unspecified atom stereocenters. The Labute approximate surface area is 317 Å². The SMILES string of the molecule is C#C/C(C#N)=C1\c2cc(-c3c(F)c(F)c(F)c(F)c3F)ccc2-c2cc3c(cc21)-c1ccc(-c2c(P)c(P)c(I)c(P)c2P)cc1C3=C(C#N)C#N. The number of hydrogen-bond donors (Lipinski definition) is 0. The number of terminal acetylenes is 1. The topological polar surface area (TPSA) is 71.4 Å². The molecule has 0 saturated heterocycles. The van der Waals surface area contributed by atoms with Crippen LogP contribution in [0.4, 0.5) is 22.0 Å². The van der Waals surface area contributed by atoms with Gasteiger partial charge in [0.1, 0.15) is 29.4 Å². The second-order valence-electron chi connectivity index (χ2n) is 11.7. The first-order valence-corrected chi connectivity index (χ1v) is 18.3. The molecule has 4 atom stereocenters. The van der Waals surface area contributed by atoms with Crippen LogP contribution in [0.1, 0.15) is 22.3 Å². The van der Waals surface area contributed by atoms with Gasteiger partial charge in [-0.2, -0.15) is 15.8 Å². The number of allylic oxidation sites excluding steroid dienone is 2. The first-order chi connectivity index (χ1) is 24.8. The van der Waals surface area contributed by atoms with Crippen molar-refractivity contribution in [2.75, 3.05) is 0 Å². The molecule has 0 bridgehead atoms. The maximum atomic E-state index is 14.9. The molecule has 7 rings (SSSR count). The largest absolute Gasteiger partial charge is 0.203 e. The molecular weight excluding hydrogens is 856 g/mol. The zero-order valence-corrected chi connectivity index (χ0v) is 32.9. The third-order valence-electron chi connectivity index (χ3n) is 9.21. The van der Waals surface area contributed by atoms with Crippen LogP contribution in [-0.4, -0.2) is 0 Å². The minimum atomic E-state index is -2.28. The van der Waals surface area contributed by atoms with Crippen LogP contribution >= 0.6 is 59.6 Å². The van der Waals surface area contributed by atoms with Gasteiger partial charge in [-0.3, -0.25) is 0 Å². The van der Waals surface area contributed by atoms with Gasteiger partial charge >= 0.3 is 0 Å². The maximum absolute atomic E-state index is 14.9. The van der Waals surface area contributed by atoms with Gasteiger partial charge in [-0.05, 0) is 129 Å². The zero-order chi connectivity index (χ0) is 37.5. The Kier molecular flexibility index (Phi) is 9.22. The average Bonchev–Trinajstić information content (AvgIpc) is 3.63. The Morgan fingerprint density at radius 3 is 1.31 bits per heavy atom. The van der Waals surface area contributed by atoms with Crippen LogP contribution in [0, 0.1) is 79.0 Å². The van der Waals surface area contributed by atoms with Gasteiger partial charge in [0, 0.05) is 14.7 Å². The zero-order valence-electron chi connectivity index (χ0n) is 26.1. The Bertz CT molecular complexity index is 2520. The molecule has 13 heteroatoms. The number of rotatable bonds is 2. The summed E-state index contributed by atoms with van der Waals surface area (Å²) in [4.78, 5) is 0. The van der Waals surface area contributed by atoms with Gasteiger partial charge in [0.15, 0.2) is 23.3 Å². The van der Waals surface area contributed by atoms with Crippen LogP contribution in [0.2, 0.25) is 0 Å². The van der Waals surface area contributed by atoms with Gasteiger partial charge in [0.25, 0.3) is 0 Å².